The van der Waals surface area contributed by atoms with Crippen LogP contribution in [0.1, 0.15) is 40.0 Å². The van der Waals surface area contributed by atoms with Crippen LogP contribution in [0, 0.1) is 0 Å². The maximum atomic E-state index is 12.1. The molecule has 1 aliphatic heterocycles. The second-order valence-corrected chi connectivity index (χ2v) is 6.77. The van der Waals surface area contributed by atoms with Crippen LogP contribution in [0.4, 0.5) is 0 Å². The molecule has 0 aromatic rings. The van der Waals surface area contributed by atoms with E-state index in [0.717, 1.165) is 5.57 Å². The highest BCUT2D eigenvalue weighted by Crippen LogP contribution is 2.56. The Morgan fingerprint density at radius 1 is 1.45 bits per heavy atom. The van der Waals surface area contributed by atoms with Crippen LogP contribution in [0.3, 0.4) is 0 Å². The zero-order valence-corrected chi connectivity index (χ0v) is 13.6. The summed E-state index contributed by atoms with van der Waals surface area (Å²) < 4.78 is 10.9. The zero-order valence-electron chi connectivity index (χ0n) is 13.6. The second kappa shape index (κ2) is 5.69. The summed E-state index contributed by atoms with van der Waals surface area (Å²) in [5, 5.41) is 31.7. The standard InChI is InChI=1S/C16H26O6/c1-10(2)5-6-12-14(3,22-12)16(20)13(21-4)11(18)7-8-15(16,19)9-17/h5,12-13,17,19-20H,6-9H2,1-4H3/t12-,13-,14+,15+,16+/m1/s1. The van der Waals surface area contributed by atoms with Crippen molar-refractivity contribution in [1.82, 2.24) is 0 Å². The van der Waals surface area contributed by atoms with Gasteiger partial charge in [0.15, 0.2) is 11.4 Å². The van der Waals surface area contributed by atoms with E-state index in [1.165, 1.54) is 7.11 Å². The number of epoxide rings is 1. The van der Waals surface area contributed by atoms with Crippen molar-refractivity contribution in [2.24, 2.45) is 0 Å². The minimum Gasteiger partial charge on any atom is -0.393 e. The predicted molar refractivity (Wildman–Crippen MR) is 79.3 cm³/mol. The van der Waals surface area contributed by atoms with E-state index in [9.17, 15) is 20.1 Å². The fourth-order valence-electron chi connectivity index (χ4n) is 3.57. The summed E-state index contributed by atoms with van der Waals surface area (Å²) in [5.74, 6) is -0.291. The molecule has 1 aliphatic carbocycles. The summed E-state index contributed by atoms with van der Waals surface area (Å²) in [5.41, 5.74) is -3.85. The van der Waals surface area contributed by atoms with Crippen molar-refractivity contribution in [2.75, 3.05) is 13.7 Å². The number of rotatable bonds is 5. The van der Waals surface area contributed by atoms with E-state index < -0.39 is 29.5 Å². The van der Waals surface area contributed by atoms with E-state index in [0.29, 0.717) is 6.42 Å². The third-order valence-corrected chi connectivity index (χ3v) is 5.10. The molecule has 1 saturated heterocycles. The molecule has 1 heterocycles. The predicted octanol–water partition coefficient (Wildman–Crippen LogP) is 0.333. The molecule has 126 valence electrons. The van der Waals surface area contributed by atoms with Crippen molar-refractivity contribution >= 4 is 5.78 Å². The first-order valence-corrected chi connectivity index (χ1v) is 7.58. The molecule has 2 rings (SSSR count). The molecule has 0 spiro atoms. The van der Waals surface area contributed by atoms with Gasteiger partial charge in [0.25, 0.3) is 0 Å². The fraction of sp³-hybridized carbons (Fsp3) is 0.812. The number of ketones is 1. The SMILES string of the molecule is CO[C@@H]1C(=O)CC[C@](O)(CO)[C@@]1(O)[C@@]1(C)O[C@@H]1CC=C(C)C. The number of methoxy groups -OCH3 is 1. The Labute approximate surface area is 130 Å². The molecule has 0 bridgehead atoms. The molecular formula is C16H26O6. The lowest BCUT2D eigenvalue weighted by Gasteiger charge is -2.51. The van der Waals surface area contributed by atoms with Crippen LogP contribution in [0.2, 0.25) is 0 Å². The largest absolute Gasteiger partial charge is 0.393 e. The molecule has 2 fully saturated rings. The van der Waals surface area contributed by atoms with Crippen LogP contribution < -0.4 is 0 Å². The summed E-state index contributed by atoms with van der Waals surface area (Å²) in [6.45, 7) is 4.91. The molecule has 22 heavy (non-hydrogen) atoms. The van der Waals surface area contributed by atoms with Crippen LogP contribution in [0.25, 0.3) is 0 Å². The molecule has 0 aromatic carbocycles. The summed E-state index contributed by atoms with van der Waals surface area (Å²) in [7, 11) is 1.31. The Bertz CT molecular complexity index is 485. The van der Waals surface area contributed by atoms with Gasteiger partial charge in [-0.2, -0.15) is 0 Å². The van der Waals surface area contributed by atoms with Crippen molar-refractivity contribution in [3.05, 3.63) is 11.6 Å². The van der Waals surface area contributed by atoms with Crippen LogP contribution in [0.15, 0.2) is 11.6 Å². The molecule has 0 amide bonds. The fourth-order valence-corrected chi connectivity index (χ4v) is 3.57. The average molecular weight is 314 g/mol. The number of ether oxygens (including phenoxy) is 2. The molecule has 6 nitrogen and oxygen atoms in total. The number of carbonyl (C=O) groups excluding carboxylic acids is 1. The quantitative estimate of drug-likeness (QED) is 0.500. The van der Waals surface area contributed by atoms with Gasteiger partial charge in [-0.25, -0.2) is 0 Å². The minimum absolute atomic E-state index is 0.0208. The number of aliphatic hydroxyl groups excluding tert-OH is 1. The highest BCUT2D eigenvalue weighted by atomic mass is 16.6. The van der Waals surface area contributed by atoms with Crippen LogP contribution >= 0.6 is 0 Å². The maximum Gasteiger partial charge on any atom is 0.164 e. The number of hydrogen-bond acceptors (Lipinski definition) is 6. The number of allylic oxidation sites excluding steroid dienone is 1. The Morgan fingerprint density at radius 3 is 2.59 bits per heavy atom. The Kier molecular flexibility index (Phi) is 4.54. The molecule has 3 N–H and O–H groups in total. The van der Waals surface area contributed by atoms with Gasteiger partial charge in [-0.3, -0.25) is 4.79 Å². The van der Waals surface area contributed by atoms with Crippen molar-refractivity contribution < 1.29 is 29.6 Å². The van der Waals surface area contributed by atoms with Crippen molar-refractivity contribution in [1.29, 1.82) is 0 Å². The lowest BCUT2D eigenvalue weighted by molar-refractivity contribution is -0.257. The van der Waals surface area contributed by atoms with Gasteiger partial charge in [0, 0.05) is 13.5 Å². The molecule has 0 radical (unpaired) electrons. The zero-order chi connectivity index (χ0) is 16.8. The van der Waals surface area contributed by atoms with Gasteiger partial charge in [0.2, 0.25) is 0 Å². The van der Waals surface area contributed by atoms with Gasteiger partial charge in [0.1, 0.15) is 17.3 Å². The summed E-state index contributed by atoms with van der Waals surface area (Å²) in [4.78, 5) is 12.1. The number of aliphatic hydroxyl groups is 3. The van der Waals surface area contributed by atoms with Crippen LogP contribution in [0.5, 0.6) is 0 Å². The molecule has 1 saturated carbocycles. The summed E-state index contributed by atoms with van der Waals surface area (Å²) >= 11 is 0. The van der Waals surface area contributed by atoms with Crippen molar-refractivity contribution in [3.8, 4) is 0 Å². The maximum absolute atomic E-state index is 12.1. The van der Waals surface area contributed by atoms with Gasteiger partial charge in [-0.15, -0.1) is 0 Å². The first-order valence-electron chi connectivity index (χ1n) is 7.58. The van der Waals surface area contributed by atoms with Gasteiger partial charge in [0.05, 0.1) is 12.7 Å². The second-order valence-electron chi connectivity index (χ2n) is 6.77. The molecule has 0 aromatic heterocycles. The molecule has 0 unspecified atom stereocenters. The lowest BCUT2D eigenvalue weighted by Crippen LogP contribution is -2.74. The summed E-state index contributed by atoms with van der Waals surface area (Å²) in [6.07, 6.45) is 1.01. The van der Waals surface area contributed by atoms with E-state index in [-0.39, 0.29) is 24.7 Å². The monoisotopic (exact) mass is 314 g/mol. The highest BCUT2D eigenvalue weighted by Gasteiger charge is 2.77. The Balaban J connectivity index is 2.38. The van der Waals surface area contributed by atoms with Gasteiger partial charge >= 0.3 is 0 Å². The van der Waals surface area contributed by atoms with Crippen molar-refractivity contribution in [3.63, 3.8) is 0 Å². The van der Waals surface area contributed by atoms with E-state index >= 15 is 0 Å². The molecule has 5 atom stereocenters. The molecule has 6 heteroatoms. The van der Waals surface area contributed by atoms with E-state index in [1.807, 2.05) is 19.9 Å². The van der Waals surface area contributed by atoms with Crippen LogP contribution in [-0.4, -0.2) is 63.8 Å². The third kappa shape index (κ3) is 2.34. The van der Waals surface area contributed by atoms with Crippen molar-refractivity contribution in [2.45, 2.75) is 69.0 Å². The molecule has 2 aliphatic rings. The minimum atomic E-state index is -1.99. The first kappa shape index (κ1) is 17.6. The number of hydrogen-bond donors (Lipinski definition) is 3. The number of Topliss-reactive ketones (excluding diaryl/α,β-unsaturated/α-hetero) is 1. The van der Waals surface area contributed by atoms with E-state index in [2.05, 4.69) is 0 Å². The highest BCUT2D eigenvalue weighted by molar-refractivity contribution is 5.86. The summed E-state index contributed by atoms with van der Waals surface area (Å²) in [6, 6.07) is 0. The first-order chi connectivity index (χ1) is 10.2. The normalized spacial score (nSPS) is 44.8. The lowest BCUT2D eigenvalue weighted by atomic mass is 9.62. The smallest absolute Gasteiger partial charge is 0.164 e. The van der Waals surface area contributed by atoms with Gasteiger partial charge < -0.3 is 24.8 Å². The topological polar surface area (TPSA) is 99.5 Å². The van der Waals surface area contributed by atoms with Gasteiger partial charge in [-0.1, -0.05) is 11.6 Å². The third-order valence-electron chi connectivity index (χ3n) is 5.10. The number of carbonyl (C=O) groups is 1. The molecular weight excluding hydrogens is 288 g/mol. The Morgan fingerprint density at radius 2 is 2.09 bits per heavy atom. The average Bonchev–Trinajstić information content (AvgIpc) is 3.14. The Hall–Kier alpha value is -0.790. The van der Waals surface area contributed by atoms with Gasteiger partial charge in [-0.05, 0) is 33.6 Å². The van der Waals surface area contributed by atoms with E-state index in [4.69, 9.17) is 9.47 Å². The van der Waals surface area contributed by atoms with E-state index in [1.54, 1.807) is 6.92 Å². The van der Waals surface area contributed by atoms with Crippen LogP contribution in [-0.2, 0) is 14.3 Å².